The van der Waals surface area contributed by atoms with Crippen LogP contribution in [0.2, 0.25) is 5.02 Å². The molecule has 1 heterocycles. The van der Waals surface area contributed by atoms with Gasteiger partial charge in [0.25, 0.3) is 0 Å². The van der Waals surface area contributed by atoms with Gasteiger partial charge >= 0.3 is 0 Å². The van der Waals surface area contributed by atoms with Crippen LogP contribution in [-0.2, 0) is 0 Å². The molecule has 1 aliphatic rings. The van der Waals surface area contributed by atoms with Gasteiger partial charge in [-0.05, 0) is 24.6 Å². The van der Waals surface area contributed by atoms with Gasteiger partial charge in [-0.15, -0.1) is 0 Å². The number of halogens is 1. The first-order chi connectivity index (χ1) is 10.1. The highest BCUT2D eigenvalue weighted by atomic mass is 35.5. The number of nitrogen functional groups attached to an aromatic ring is 1. The van der Waals surface area contributed by atoms with Crippen LogP contribution in [0.1, 0.15) is 21.5 Å². The maximum atomic E-state index is 12.7. The van der Waals surface area contributed by atoms with E-state index in [9.17, 15) is 4.79 Å². The van der Waals surface area contributed by atoms with Crippen LogP contribution >= 0.6 is 11.6 Å². The molecule has 0 unspecified atom stereocenters. The lowest BCUT2D eigenvalue weighted by molar-refractivity contribution is 0.103. The minimum absolute atomic E-state index is 0.215. The fraction of sp³-hybridized carbons (Fsp3) is 0.188. The average molecular weight is 304 g/mol. The summed E-state index contributed by atoms with van der Waals surface area (Å²) >= 11 is 6.21. The van der Waals surface area contributed by atoms with E-state index in [1.54, 1.807) is 18.2 Å². The van der Waals surface area contributed by atoms with Crippen LogP contribution in [-0.4, -0.2) is 19.0 Å². The SMILES string of the molecule is Cc1cccc(N)c1C(=O)c1cc2c(cc1Cl)OCCO2. The van der Waals surface area contributed by atoms with E-state index in [1.165, 1.54) is 0 Å². The van der Waals surface area contributed by atoms with Crippen molar-refractivity contribution >= 4 is 23.1 Å². The Bertz CT molecular complexity index is 707. The molecule has 4 nitrogen and oxygen atoms in total. The van der Waals surface area contributed by atoms with Gasteiger partial charge in [0, 0.05) is 22.9 Å². The Labute approximate surface area is 127 Å². The van der Waals surface area contributed by atoms with Crippen molar-refractivity contribution in [3.05, 3.63) is 52.0 Å². The van der Waals surface area contributed by atoms with Crippen molar-refractivity contribution in [1.29, 1.82) is 0 Å². The summed E-state index contributed by atoms with van der Waals surface area (Å²) in [7, 11) is 0. The Kier molecular flexibility index (Phi) is 3.47. The molecular weight excluding hydrogens is 290 g/mol. The number of rotatable bonds is 2. The summed E-state index contributed by atoms with van der Waals surface area (Å²) < 4.78 is 10.9. The summed E-state index contributed by atoms with van der Waals surface area (Å²) in [5.41, 5.74) is 8.01. The van der Waals surface area contributed by atoms with Gasteiger partial charge in [0.2, 0.25) is 0 Å². The van der Waals surface area contributed by atoms with Gasteiger partial charge < -0.3 is 15.2 Å². The zero-order valence-corrected chi connectivity index (χ0v) is 12.2. The number of aryl methyl sites for hydroxylation is 1. The van der Waals surface area contributed by atoms with Crippen molar-refractivity contribution in [2.75, 3.05) is 18.9 Å². The molecule has 0 amide bonds. The Morgan fingerprint density at radius 1 is 1.19 bits per heavy atom. The molecule has 0 saturated carbocycles. The molecule has 0 radical (unpaired) electrons. The molecule has 0 bridgehead atoms. The lowest BCUT2D eigenvalue weighted by Crippen LogP contribution is -2.16. The first-order valence-corrected chi connectivity index (χ1v) is 6.94. The topological polar surface area (TPSA) is 61.6 Å². The van der Waals surface area contributed by atoms with Crippen LogP contribution in [0.3, 0.4) is 0 Å². The van der Waals surface area contributed by atoms with Crippen LogP contribution < -0.4 is 15.2 Å². The number of carbonyl (C=O) groups excluding carboxylic acids is 1. The molecule has 0 spiro atoms. The second-order valence-electron chi connectivity index (χ2n) is 4.84. The predicted molar refractivity (Wildman–Crippen MR) is 81.5 cm³/mol. The summed E-state index contributed by atoms with van der Waals surface area (Å²) in [4.78, 5) is 12.7. The maximum absolute atomic E-state index is 12.7. The number of anilines is 1. The Morgan fingerprint density at radius 3 is 2.52 bits per heavy atom. The number of nitrogens with two attached hydrogens (primary N) is 1. The number of fused-ring (bicyclic) bond motifs is 1. The molecule has 0 fully saturated rings. The van der Waals surface area contributed by atoms with E-state index in [1.807, 2.05) is 19.1 Å². The van der Waals surface area contributed by atoms with Crippen molar-refractivity contribution in [3.8, 4) is 11.5 Å². The Balaban J connectivity index is 2.10. The summed E-state index contributed by atoms with van der Waals surface area (Å²) in [6.07, 6.45) is 0. The van der Waals surface area contributed by atoms with E-state index in [-0.39, 0.29) is 5.78 Å². The minimum atomic E-state index is -0.215. The first-order valence-electron chi connectivity index (χ1n) is 6.57. The summed E-state index contributed by atoms with van der Waals surface area (Å²) in [6, 6.07) is 8.58. The molecule has 0 saturated heterocycles. The molecule has 5 heteroatoms. The highest BCUT2D eigenvalue weighted by Gasteiger charge is 2.22. The molecule has 0 atom stereocenters. The number of benzene rings is 2. The van der Waals surface area contributed by atoms with Crippen molar-refractivity contribution in [2.45, 2.75) is 6.92 Å². The molecule has 2 N–H and O–H groups in total. The highest BCUT2D eigenvalue weighted by molar-refractivity contribution is 6.35. The smallest absolute Gasteiger partial charge is 0.197 e. The van der Waals surface area contributed by atoms with Crippen molar-refractivity contribution < 1.29 is 14.3 Å². The largest absolute Gasteiger partial charge is 0.486 e. The summed E-state index contributed by atoms with van der Waals surface area (Å²) in [6.45, 7) is 2.77. The van der Waals surface area contributed by atoms with Crippen LogP contribution in [0.4, 0.5) is 5.69 Å². The van der Waals surface area contributed by atoms with Crippen LogP contribution in [0, 0.1) is 6.92 Å². The van der Waals surface area contributed by atoms with Crippen molar-refractivity contribution in [1.82, 2.24) is 0 Å². The molecule has 21 heavy (non-hydrogen) atoms. The van der Waals surface area contributed by atoms with Gasteiger partial charge in [-0.3, -0.25) is 4.79 Å². The zero-order valence-electron chi connectivity index (χ0n) is 11.5. The number of ether oxygens (including phenoxy) is 2. The fourth-order valence-electron chi connectivity index (χ4n) is 2.37. The maximum Gasteiger partial charge on any atom is 0.197 e. The lowest BCUT2D eigenvalue weighted by Gasteiger charge is -2.20. The minimum Gasteiger partial charge on any atom is -0.486 e. The van der Waals surface area contributed by atoms with Gasteiger partial charge in [-0.1, -0.05) is 23.7 Å². The lowest BCUT2D eigenvalue weighted by atomic mass is 9.97. The second-order valence-corrected chi connectivity index (χ2v) is 5.25. The van der Waals surface area contributed by atoms with E-state index in [0.29, 0.717) is 46.5 Å². The fourth-order valence-corrected chi connectivity index (χ4v) is 2.61. The van der Waals surface area contributed by atoms with Gasteiger partial charge in [0.1, 0.15) is 13.2 Å². The number of ketones is 1. The molecule has 0 aliphatic carbocycles. The normalized spacial score (nSPS) is 13.0. The Morgan fingerprint density at radius 2 is 1.86 bits per heavy atom. The molecule has 1 aliphatic heterocycles. The number of carbonyl (C=O) groups is 1. The van der Waals surface area contributed by atoms with E-state index in [4.69, 9.17) is 26.8 Å². The zero-order chi connectivity index (χ0) is 15.0. The molecule has 108 valence electrons. The second kappa shape index (κ2) is 5.30. The third-order valence-corrected chi connectivity index (χ3v) is 3.72. The molecule has 2 aromatic rings. The summed E-state index contributed by atoms with van der Waals surface area (Å²) in [5.74, 6) is 0.870. The van der Waals surface area contributed by atoms with Crippen LogP contribution in [0.25, 0.3) is 0 Å². The average Bonchev–Trinajstić information content (AvgIpc) is 2.46. The quantitative estimate of drug-likeness (QED) is 0.683. The predicted octanol–water partition coefficient (Wildman–Crippen LogP) is 3.23. The van der Waals surface area contributed by atoms with E-state index in [2.05, 4.69) is 0 Å². The van der Waals surface area contributed by atoms with E-state index >= 15 is 0 Å². The van der Waals surface area contributed by atoms with Crippen LogP contribution in [0.15, 0.2) is 30.3 Å². The number of hydrogen-bond acceptors (Lipinski definition) is 4. The first kappa shape index (κ1) is 13.8. The standard InChI is InChI=1S/C16H14ClNO3/c1-9-3-2-4-12(18)15(9)16(19)10-7-13-14(8-11(10)17)21-6-5-20-13/h2-4,7-8H,5-6,18H2,1H3. The monoisotopic (exact) mass is 303 g/mol. The van der Waals surface area contributed by atoms with Gasteiger partial charge in [-0.25, -0.2) is 0 Å². The Hall–Kier alpha value is -2.20. The van der Waals surface area contributed by atoms with E-state index in [0.717, 1.165) is 5.56 Å². The van der Waals surface area contributed by atoms with Crippen molar-refractivity contribution in [3.63, 3.8) is 0 Å². The molecule has 2 aromatic carbocycles. The molecule has 3 rings (SSSR count). The van der Waals surface area contributed by atoms with Gasteiger partial charge in [0.15, 0.2) is 17.3 Å². The highest BCUT2D eigenvalue weighted by Crippen LogP contribution is 2.36. The third kappa shape index (κ3) is 2.43. The molecule has 0 aromatic heterocycles. The molecular formula is C16H14ClNO3. The number of hydrogen-bond donors (Lipinski definition) is 1. The van der Waals surface area contributed by atoms with Crippen LogP contribution in [0.5, 0.6) is 11.5 Å². The van der Waals surface area contributed by atoms with E-state index < -0.39 is 0 Å². The van der Waals surface area contributed by atoms with Gasteiger partial charge in [-0.2, -0.15) is 0 Å². The summed E-state index contributed by atoms with van der Waals surface area (Å²) in [5, 5.41) is 0.326. The third-order valence-electron chi connectivity index (χ3n) is 3.41. The van der Waals surface area contributed by atoms with Gasteiger partial charge in [0.05, 0.1) is 5.02 Å². The van der Waals surface area contributed by atoms with Crippen molar-refractivity contribution in [2.24, 2.45) is 0 Å².